The summed E-state index contributed by atoms with van der Waals surface area (Å²) in [5, 5.41) is 3.50. The average molecular weight is 286 g/mol. The molecule has 0 aliphatic rings. The first-order valence-corrected chi connectivity index (χ1v) is 6.53. The van der Waals surface area contributed by atoms with E-state index in [9.17, 15) is 0 Å². The van der Waals surface area contributed by atoms with E-state index in [0.29, 0.717) is 10.9 Å². The quantitative estimate of drug-likeness (QED) is 0.810. The van der Waals surface area contributed by atoms with E-state index in [-0.39, 0.29) is 0 Å². The first-order chi connectivity index (χ1) is 7.61. The van der Waals surface area contributed by atoms with E-state index < -0.39 is 0 Å². The second kappa shape index (κ2) is 6.92. The molecule has 2 atom stereocenters. The van der Waals surface area contributed by atoms with E-state index >= 15 is 0 Å². The maximum Gasteiger partial charge on any atom is 0.118 e. The Morgan fingerprint density at radius 1 is 1.25 bits per heavy atom. The molecule has 0 aromatic heterocycles. The molecule has 1 N–H and O–H groups in total. The van der Waals surface area contributed by atoms with Gasteiger partial charge in [-0.05, 0) is 31.0 Å². The number of nitrogens with one attached hydrogen (secondary N) is 1. The van der Waals surface area contributed by atoms with Gasteiger partial charge >= 0.3 is 0 Å². The molecule has 2 nitrogen and oxygen atoms in total. The zero-order valence-electron chi connectivity index (χ0n) is 10.2. The van der Waals surface area contributed by atoms with Gasteiger partial charge in [-0.2, -0.15) is 0 Å². The minimum absolute atomic E-state index is 0.525. The topological polar surface area (TPSA) is 21.3 Å². The maximum absolute atomic E-state index is 5.12. The van der Waals surface area contributed by atoms with Gasteiger partial charge in [0.25, 0.3) is 0 Å². The molecular formula is C13H20BrNO. The standard InChI is InChI=1S/C13H20BrNO/c1-10(14)8-11(2)15-9-12-4-6-13(16-3)7-5-12/h4-7,10-11,15H,8-9H2,1-3H3. The van der Waals surface area contributed by atoms with Crippen molar-refractivity contribution in [2.45, 2.75) is 37.7 Å². The predicted molar refractivity (Wildman–Crippen MR) is 72.3 cm³/mol. The fourth-order valence-corrected chi connectivity index (χ4v) is 2.17. The summed E-state index contributed by atoms with van der Waals surface area (Å²) in [7, 11) is 1.69. The lowest BCUT2D eigenvalue weighted by Gasteiger charge is -2.15. The van der Waals surface area contributed by atoms with Crippen LogP contribution in [0.3, 0.4) is 0 Å². The van der Waals surface area contributed by atoms with Crippen molar-refractivity contribution in [2.75, 3.05) is 7.11 Å². The second-order valence-electron chi connectivity index (χ2n) is 4.15. The molecule has 16 heavy (non-hydrogen) atoms. The number of hydrogen-bond donors (Lipinski definition) is 1. The number of hydrogen-bond acceptors (Lipinski definition) is 2. The SMILES string of the molecule is COc1ccc(CNC(C)CC(C)Br)cc1. The molecule has 0 bridgehead atoms. The smallest absolute Gasteiger partial charge is 0.118 e. The molecule has 1 aromatic carbocycles. The highest BCUT2D eigenvalue weighted by Gasteiger charge is 2.05. The zero-order chi connectivity index (χ0) is 12.0. The van der Waals surface area contributed by atoms with Crippen molar-refractivity contribution in [3.63, 3.8) is 0 Å². The van der Waals surface area contributed by atoms with E-state index in [4.69, 9.17) is 4.74 Å². The van der Waals surface area contributed by atoms with Crippen LogP contribution in [0.4, 0.5) is 0 Å². The van der Waals surface area contributed by atoms with Gasteiger partial charge in [-0.1, -0.05) is 35.0 Å². The van der Waals surface area contributed by atoms with Gasteiger partial charge < -0.3 is 10.1 Å². The van der Waals surface area contributed by atoms with Gasteiger partial charge in [0.1, 0.15) is 5.75 Å². The molecule has 0 saturated heterocycles. The molecule has 0 amide bonds. The Balaban J connectivity index is 2.36. The molecule has 0 radical (unpaired) electrons. The molecule has 0 aliphatic heterocycles. The van der Waals surface area contributed by atoms with Gasteiger partial charge in [0.15, 0.2) is 0 Å². The average Bonchev–Trinajstić information content (AvgIpc) is 2.26. The summed E-state index contributed by atoms with van der Waals surface area (Å²) in [6, 6.07) is 8.70. The van der Waals surface area contributed by atoms with Crippen LogP contribution in [0, 0.1) is 0 Å². The van der Waals surface area contributed by atoms with Crippen molar-refractivity contribution in [3.05, 3.63) is 29.8 Å². The Morgan fingerprint density at radius 3 is 2.38 bits per heavy atom. The van der Waals surface area contributed by atoms with Gasteiger partial charge in [0.2, 0.25) is 0 Å². The van der Waals surface area contributed by atoms with Crippen LogP contribution in [-0.4, -0.2) is 18.0 Å². The molecule has 1 rings (SSSR count). The van der Waals surface area contributed by atoms with Crippen molar-refractivity contribution in [1.29, 1.82) is 0 Å². The lowest BCUT2D eigenvalue weighted by molar-refractivity contribution is 0.414. The molecule has 1 aromatic rings. The van der Waals surface area contributed by atoms with Gasteiger partial charge in [-0.15, -0.1) is 0 Å². The summed E-state index contributed by atoms with van der Waals surface area (Å²) in [5.41, 5.74) is 1.29. The fraction of sp³-hybridized carbons (Fsp3) is 0.538. The number of methoxy groups -OCH3 is 1. The number of alkyl halides is 1. The summed E-state index contributed by atoms with van der Waals surface area (Å²) in [4.78, 5) is 0.561. The first kappa shape index (κ1) is 13.5. The Labute approximate surface area is 107 Å². The maximum atomic E-state index is 5.12. The van der Waals surface area contributed by atoms with Gasteiger partial charge in [-0.3, -0.25) is 0 Å². The van der Waals surface area contributed by atoms with Crippen molar-refractivity contribution < 1.29 is 4.74 Å². The minimum atomic E-state index is 0.525. The van der Waals surface area contributed by atoms with Gasteiger partial charge in [0.05, 0.1) is 7.11 Å². The molecule has 0 heterocycles. The van der Waals surface area contributed by atoms with Gasteiger partial charge in [0, 0.05) is 17.4 Å². The minimum Gasteiger partial charge on any atom is -0.497 e. The summed E-state index contributed by atoms with van der Waals surface area (Å²) in [6.07, 6.45) is 1.14. The molecule has 0 fully saturated rings. The molecule has 90 valence electrons. The van der Waals surface area contributed by atoms with Crippen LogP contribution in [0.25, 0.3) is 0 Å². The van der Waals surface area contributed by atoms with Crippen LogP contribution in [0.15, 0.2) is 24.3 Å². The van der Waals surface area contributed by atoms with E-state index in [1.54, 1.807) is 7.11 Å². The molecule has 3 heteroatoms. The Bertz CT molecular complexity index is 297. The number of halogens is 1. The third kappa shape index (κ3) is 4.99. The van der Waals surface area contributed by atoms with Gasteiger partial charge in [-0.25, -0.2) is 0 Å². The summed E-state index contributed by atoms with van der Waals surface area (Å²) < 4.78 is 5.12. The number of rotatable bonds is 6. The third-order valence-corrected chi connectivity index (χ3v) is 2.87. The highest BCUT2D eigenvalue weighted by molar-refractivity contribution is 9.09. The van der Waals surface area contributed by atoms with Crippen molar-refractivity contribution in [2.24, 2.45) is 0 Å². The van der Waals surface area contributed by atoms with Crippen LogP contribution in [-0.2, 0) is 6.54 Å². The summed E-state index contributed by atoms with van der Waals surface area (Å²) in [5.74, 6) is 0.908. The molecule has 0 saturated carbocycles. The Morgan fingerprint density at radius 2 is 1.88 bits per heavy atom. The number of ether oxygens (including phenoxy) is 1. The highest BCUT2D eigenvalue weighted by Crippen LogP contribution is 2.12. The van der Waals surface area contributed by atoms with Crippen molar-refractivity contribution in [3.8, 4) is 5.75 Å². The lowest BCUT2D eigenvalue weighted by atomic mass is 10.1. The highest BCUT2D eigenvalue weighted by atomic mass is 79.9. The van der Waals surface area contributed by atoms with E-state index in [0.717, 1.165) is 18.7 Å². The molecular weight excluding hydrogens is 266 g/mol. The lowest BCUT2D eigenvalue weighted by Crippen LogP contribution is -2.27. The van der Waals surface area contributed by atoms with E-state index in [2.05, 4.69) is 47.2 Å². The zero-order valence-corrected chi connectivity index (χ0v) is 11.8. The van der Waals surface area contributed by atoms with Crippen LogP contribution in [0.2, 0.25) is 0 Å². The largest absolute Gasteiger partial charge is 0.497 e. The first-order valence-electron chi connectivity index (χ1n) is 5.62. The predicted octanol–water partition coefficient (Wildman–Crippen LogP) is 3.35. The van der Waals surface area contributed by atoms with Crippen molar-refractivity contribution in [1.82, 2.24) is 5.32 Å². The summed E-state index contributed by atoms with van der Waals surface area (Å²) >= 11 is 3.56. The van der Waals surface area contributed by atoms with Crippen LogP contribution >= 0.6 is 15.9 Å². The van der Waals surface area contributed by atoms with Crippen LogP contribution in [0.5, 0.6) is 5.75 Å². The van der Waals surface area contributed by atoms with Crippen molar-refractivity contribution >= 4 is 15.9 Å². The monoisotopic (exact) mass is 285 g/mol. The van der Waals surface area contributed by atoms with Crippen LogP contribution in [0.1, 0.15) is 25.8 Å². The summed E-state index contributed by atoms with van der Waals surface area (Å²) in [6.45, 7) is 5.29. The van der Waals surface area contributed by atoms with E-state index in [1.807, 2.05) is 12.1 Å². The fourth-order valence-electron chi connectivity index (χ4n) is 1.61. The Hall–Kier alpha value is -0.540. The normalized spacial score (nSPS) is 14.5. The second-order valence-corrected chi connectivity index (χ2v) is 5.71. The molecule has 0 spiro atoms. The Kier molecular flexibility index (Phi) is 5.85. The van der Waals surface area contributed by atoms with Crippen LogP contribution < -0.4 is 10.1 Å². The molecule has 2 unspecified atom stereocenters. The number of benzene rings is 1. The third-order valence-electron chi connectivity index (χ3n) is 2.49. The van der Waals surface area contributed by atoms with E-state index in [1.165, 1.54) is 5.56 Å². The molecule has 0 aliphatic carbocycles.